The summed E-state index contributed by atoms with van der Waals surface area (Å²) < 4.78 is 29.1. The van der Waals surface area contributed by atoms with Crippen molar-refractivity contribution in [2.75, 3.05) is 5.75 Å². The summed E-state index contributed by atoms with van der Waals surface area (Å²) >= 11 is 0. The molecule has 2 heterocycles. The molecule has 2 saturated carbocycles. The summed E-state index contributed by atoms with van der Waals surface area (Å²) in [6, 6.07) is 18.8. The lowest BCUT2D eigenvalue weighted by atomic mass is 9.68. The molecular weight excluding hydrogens is 456 g/mol. The van der Waals surface area contributed by atoms with E-state index in [1.807, 2.05) is 84.6 Å². The summed E-state index contributed by atoms with van der Waals surface area (Å²) in [6.07, 6.45) is 6.98. The first-order valence-corrected chi connectivity index (χ1v) is 14.4. The van der Waals surface area contributed by atoms with E-state index in [1.165, 1.54) is 0 Å². The van der Waals surface area contributed by atoms with E-state index in [2.05, 4.69) is 13.8 Å². The number of β-lactam (4-membered cyclic amide) rings is 1. The zero-order chi connectivity index (χ0) is 24.6. The SMILES string of the molecule is C[C@H](c1ccccc1)N1C(=O)[C@H](N2[C@@H]3C[C@H]4CC[C@@]3(CS2(=O)=O)C4(C)C)[C@@H]1/C=C\c1ccccc1. The van der Waals surface area contributed by atoms with E-state index in [0.29, 0.717) is 5.92 Å². The van der Waals surface area contributed by atoms with E-state index in [-0.39, 0.29) is 40.6 Å². The van der Waals surface area contributed by atoms with Gasteiger partial charge in [-0.05, 0) is 48.6 Å². The second-order valence-electron chi connectivity index (χ2n) is 11.5. The molecule has 0 aromatic heterocycles. The third-order valence-corrected chi connectivity index (χ3v) is 11.9. The van der Waals surface area contributed by atoms with E-state index >= 15 is 0 Å². The van der Waals surface area contributed by atoms with Gasteiger partial charge < -0.3 is 4.90 Å². The van der Waals surface area contributed by atoms with E-state index in [1.54, 1.807) is 4.31 Å². The minimum absolute atomic E-state index is 0.0152. The summed E-state index contributed by atoms with van der Waals surface area (Å²) in [6.45, 7) is 6.54. The van der Waals surface area contributed by atoms with Crippen molar-refractivity contribution in [3.63, 3.8) is 0 Å². The van der Waals surface area contributed by atoms with Crippen LogP contribution in [0, 0.1) is 16.7 Å². The largest absolute Gasteiger partial charge is 0.326 e. The van der Waals surface area contributed by atoms with E-state index in [9.17, 15) is 13.2 Å². The summed E-state index contributed by atoms with van der Waals surface area (Å²) in [5.74, 6) is 0.630. The van der Waals surface area contributed by atoms with Crippen molar-refractivity contribution in [3.8, 4) is 0 Å². The van der Waals surface area contributed by atoms with Crippen LogP contribution in [0.15, 0.2) is 66.7 Å². The molecule has 2 aromatic carbocycles. The monoisotopic (exact) mass is 490 g/mol. The van der Waals surface area contributed by atoms with Gasteiger partial charge in [0.25, 0.3) is 0 Å². The number of fused-ring (bicyclic) bond motifs is 1. The minimum Gasteiger partial charge on any atom is -0.326 e. The number of sulfonamides is 1. The molecule has 6 atom stereocenters. The van der Waals surface area contributed by atoms with E-state index < -0.39 is 16.1 Å². The maximum Gasteiger partial charge on any atom is 0.244 e. The van der Waals surface area contributed by atoms with Crippen LogP contribution in [-0.2, 0) is 14.8 Å². The Bertz CT molecular complexity index is 1270. The zero-order valence-electron chi connectivity index (χ0n) is 20.7. The Labute approximate surface area is 208 Å². The van der Waals surface area contributed by atoms with Crippen molar-refractivity contribution < 1.29 is 13.2 Å². The Hall–Kier alpha value is -2.44. The molecule has 6 heteroatoms. The standard InChI is InChI=1S/C29H34N2O3S/c1-20(22-12-8-5-9-13-22)30-24(15-14-21-10-6-4-7-11-21)26(27(30)32)31-25-18-23-16-17-29(25,28(23,2)3)19-35(31,33)34/h4-15,20,23-26H,16-19H2,1-3H3/b15-14-/t20-,23-,24+,25-,26-,29+/m1/s1. The van der Waals surface area contributed by atoms with Crippen molar-refractivity contribution in [3.05, 3.63) is 77.9 Å². The molecule has 2 aliphatic carbocycles. The van der Waals surface area contributed by atoms with Gasteiger partial charge in [-0.2, -0.15) is 4.31 Å². The molecule has 35 heavy (non-hydrogen) atoms. The van der Waals surface area contributed by atoms with Gasteiger partial charge in [-0.15, -0.1) is 0 Å². The van der Waals surface area contributed by atoms with E-state index in [4.69, 9.17) is 0 Å². The molecule has 1 amide bonds. The number of hydrogen-bond donors (Lipinski definition) is 0. The summed E-state index contributed by atoms with van der Waals surface area (Å²) in [5.41, 5.74) is 1.84. The predicted molar refractivity (Wildman–Crippen MR) is 138 cm³/mol. The fourth-order valence-electron chi connectivity index (χ4n) is 7.78. The van der Waals surface area contributed by atoms with Crippen LogP contribution in [0.4, 0.5) is 0 Å². The van der Waals surface area contributed by atoms with Crippen molar-refractivity contribution in [1.82, 2.24) is 9.21 Å². The Morgan fingerprint density at radius 1 is 1.03 bits per heavy atom. The number of likely N-dealkylation sites (tertiary alicyclic amines) is 1. The molecule has 1 spiro atoms. The molecule has 4 fully saturated rings. The maximum absolute atomic E-state index is 13.8. The van der Waals surface area contributed by atoms with Crippen LogP contribution in [0.3, 0.4) is 0 Å². The Balaban J connectivity index is 1.39. The highest BCUT2D eigenvalue weighted by atomic mass is 32.2. The molecule has 184 valence electrons. The fourth-order valence-corrected chi connectivity index (χ4v) is 10.5. The van der Waals surface area contributed by atoms with Gasteiger partial charge in [0, 0.05) is 11.5 Å². The van der Waals surface area contributed by atoms with Crippen LogP contribution < -0.4 is 0 Å². The van der Waals surface area contributed by atoms with Crippen LogP contribution in [-0.4, -0.2) is 47.4 Å². The lowest BCUT2D eigenvalue weighted by Crippen LogP contribution is -2.71. The number of benzene rings is 2. The normalized spacial score (nSPS) is 35.9. The number of hydrogen-bond acceptors (Lipinski definition) is 3. The van der Waals surface area contributed by atoms with E-state index in [0.717, 1.165) is 30.4 Å². The maximum atomic E-state index is 13.8. The van der Waals surface area contributed by atoms with Gasteiger partial charge >= 0.3 is 0 Å². The van der Waals surface area contributed by atoms with Gasteiger partial charge in [0.2, 0.25) is 15.9 Å². The fraction of sp³-hybridized carbons (Fsp3) is 0.483. The third kappa shape index (κ3) is 3.15. The predicted octanol–water partition coefficient (Wildman–Crippen LogP) is 4.88. The molecule has 0 radical (unpaired) electrons. The summed E-state index contributed by atoms with van der Waals surface area (Å²) in [7, 11) is -3.53. The van der Waals surface area contributed by atoms with Gasteiger partial charge in [0.05, 0.1) is 17.8 Å². The van der Waals surface area contributed by atoms with Crippen LogP contribution in [0.25, 0.3) is 6.08 Å². The molecule has 2 bridgehead atoms. The van der Waals surface area contributed by atoms with Gasteiger partial charge in [-0.3, -0.25) is 4.79 Å². The van der Waals surface area contributed by atoms with Crippen LogP contribution in [0.5, 0.6) is 0 Å². The molecule has 2 aromatic rings. The first-order chi connectivity index (χ1) is 16.7. The third-order valence-electron chi connectivity index (χ3n) is 9.87. The average Bonchev–Trinajstić information content (AvgIpc) is 3.32. The number of amides is 1. The lowest BCUT2D eigenvalue weighted by Gasteiger charge is -2.53. The molecule has 0 N–H and O–H groups in total. The molecule has 5 nitrogen and oxygen atoms in total. The first kappa shape index (κ1) is 23.0. The summed E-state index contributed by atoms with van der Waals surface area (Å²) in [4.78, 5) is 15.7. The number of nitrogens with zero attached hydrogens (tertiary/aromatic N) is 2. The van der Waals surface area contributed by atoms with Crippen molar-refractivity contribution >= 4 is 22.0 Å². The highest BCUT2D eigenvalue weighted by molar-refractivity contribution is 7.89. The molecular formula is C29H34N2O3S. The second kappa shape index (κ2) is 7.78. The van der Waals surface area contributed by atoms with Crippen LogP contribution in [0.1, 0.15) is 57.2 Å². The zero-order valence-corrected chi connectivity index (χ0v) is 21.5. The van der Waals surface area contributed by atoms with Crippen molar-refractivity contribution in [2.45, 2.75) is 64.2 Å². The lowest BCUT2D eigenvalue weighted by molar-refractivity contribution is -0.158. The van der Waals surface area contributed by atoms with Gasteiger partial charge in [0.15, 0.2) is 0 Å². The number of carbonyl (C=O) groups is 1. The van der Waals surface area contributed by atoms with Gasteiger partial charge in [-0.1, -0.05) is 86.7 Å². The number of carbonyl (C=O) groups excluding carboxylic acids is 1. The smallest absolute Gasteiger partial charge is 0.244 e. The van der Waals surface area contributed by atoms with Crippen LogP contribution in [0.2, 0.25) is 0 Å². The molecule has 2 aliphatic heterocycles. The topological polar surface area (TPSA) is 57.7 Å². The highest BCUT2D eigenvalue weighted by Gasteiger charge is 2.74. The quantitative estimate of drug-likeness (QED) is 0.562. The van der Waals surface area contributed by atoms with Crippen molar-refractivity contribution in [2.24, 2.45) is 16.7 Å². The molecule has 6 rings (SSSR count). The average molecular weight is 491 g/mol. The second-order valence-corrected chi connectivity index (χ2v) is 13.4. The molecule has 2 saturated heterocycles. The Morgan fingerprint density at radius 3 is 2.34 bits per heavy atom. The minimum atomic E-state index is -3.53. The van der Waals surface area contributed by atoms with Crippen LogP contribution >= 0.6 is 0 Å². The first-order valence-electron chi connectivity index (χ1n) is 12.8. The summed E-state index contributed by atoms with van der Waals surface area (Å²) in [5, 5.41) is 0. The Morgan fingerprint density at radius 2 is 1.69 bits per heavy atom. The van der Waals surface area contributed by atoms with Gasteiger partial charge in [-0.25, -0.2) is 8.42 Å². The number of rotatable bonds is 5. The molecule has 0 unspecified atom stereocenters. The highest BCUT2D eigenvalue weighted by Crippen LogP contribution is 2.70. The van der Waals surface area contributed by atoms with Gasteiger partial charge in [0.1, 0.15) is 6.04 Å². The molecule has 4 aliphatic rings. The van der Waals surface area contributed by atoms with Crippen molar-refractivity contribution in [1.29, 1.82) is 0 Å². The Kier molecular flexibility index (Phi) is 5.11.